The third kappa shape index (κ3) is 4.33. The highest BCUT2D eigenvalue weighted by Crippen LogP contribution is 2.26. The number of nitrogens with zero attached hydrogens (tertiary/aromatic N) is 2. The summed E-state index contributed by atoms with van der Waals surface area (Å²) in [6.07, 6.45) is 6.70. The van der Waals surface area contributed by atoms with Crippen molar-refractivity contribution < 1.29 is 4.42 Å². The van der Waals surface area contributed by atoms with Crippen molar-refractivity contribution in [2.24, 2.45) is 0 Å². The predicted molar refractivity (Wildman–Crippen MR) is 95.1 cm³/mol. The summed E-state index contributed by atoms with van der Waals surface area (Å²) in [7, 11) is 0. The molecule has 1 N–H and O–H groups in total. The molecule has 2 heterocycles. The van der Waals surface area contributed by atoms with Crippen LogP contribution in [0.3, 0.4) is 0 Å². The molecule has 4 nitrogen and oxygen atoms in total. The minimum atomic E-state index is 0.749. The molecule has 0 aliphatic rings. The lowest BCUT2D eigenvalue weighted by Crippen LogP contribution is -2.15. The molecule has 1 aromatic carbocycles. The molecule has 0 saturated heterocycles. The minimum absolute atomic E-state index is 0.749. The standard InChI is InChI=1S/C18H20BrN3O/c1-14-11-15(3-5-17(14)19)18-6-4-16(23-18)12-20-7-2-9-22-10-8-21-13-22/h3-6,8,10-11,13,20H,2,7,9,12H2,1H3. The Morgan fingerprint density at radius 2 is 2.17 bits per heavy atom. The summed E-state index contributed by atoms with van der Waals surface area (Å²) >= 11 is 3.52. The van der Waals surface area contributed by atoms with Crippen molar-refractivity contribution in [3.63, 3.8) is 0 Å². The summed E-state index contributed by atoms with van der Waals surface area (Å²) < 4.78 is 9.13. The average molecular weight is 374 g/mol. The zero-order valence-corrected chi connectivity index (χ0v) is 14.7. The van der Waals surface area contributed by atoms with Gasteiger partial charge in [0.2, 0.25) is 0 Å². The number of hydrogen-bond acceptors (Lipinski definition) is 3. The van der Waals surface area contributed by atoms with E-state index in [1.54, 1.807) is 0 Å². The fraction of sp³-hybridized carbons (Fsp3) is 0.278. The second-order valence-corrected chi connectivity index (χ2v) is 6.42. The highest BCUT2D eigenvalue weighted by Gasteiger charge is 2.06. The van der Waals surface area contributed by atoms with Crippen LogP contribution >= 0.6 is 15.9 Å². The van der Waals surface area contributed by atoms with Gasteiger partial charge >= 0.3 is 0 Å². The Balaban J connectivity index is 1.48. The van der Waals surface area contributed by atoms with Crippen LogP contribution in [0.15, 0.2) is 57.9 Å². The van der Waals surface area contributed by atoms with Crippen LogP contribution < -0.4 is 5.32 Å². The summed E-state index contributed by atoms with van der Waals surface area (Å²) in [6.45, 7) is 4.76. The third-order valence-corrected chi connectivity index (χ3v) is 4.62. The second-order valence-electron chi connectivity index (χ2n) is 5.56. The Labute approximate surface area is 144 Å². The molecule has 0 atom stereocenters. The maximum absolute atomic E-state index is 5.92. The molecule has 0 aliphatic heterocycles. The molecule has 2 aromatic heterocycles. The van der Waals surface area contributed by atoms with Crippen LogP contribution in [-0.4, -0.2) is 16.1 Å². The van der Waals surface area contributed by atoms with E-state index in [1.807, 2.05) is 30.9 Å². The molecule has 3 aromatic rings. The van der Waals surface area contributed by atoms with Crippen molar-refractivity contribution in [3.05, 3.63) is 64.8 Å². The van der Waals surface area contributed by atoms with Gasteiger partial charge in [-0.2, -0.15) is 0 Å². The molecule has 0 saturated carbocycles. The number of rotatable bonds is 7. The maximum atomic E-state index is 5.92. The van der Waals surface area contributed by atoms with Gasteiger partial charge < -0.3 is 14.3 Å². The molecule has 0 unspecified atom stereocenters. The molecule has 0 fully saturated rings. The number of halogens is 1. The molecule has 0 aliphatic carbocycles. The summed E-state index contributed by atoms with van der Waals surface area (Å²) in [5.74, 6) is 1.87. The molecule has 3 rings (SSSR count). The average Bonchev–Trinajstić information content (AvgIpc) is 3.21. The largest absolute Gasteiger partial charge is 0.460 e. The van der Waals surface area contributed by atoms with Crippen LogP contribution in [0.5, 0.6) is 0 Å². The number of hydrogen-bond donors (Lipinski definition) is 1. The van der Waals surface area contributed by atoms with E-state index in [0.29, 0.717) is 0 Å². The van der Waals surface area contributed by atoms with E-state index in [2.05, 4.69) is 55.9 Å². The molecule has 5 heteroatoms. The lowest BCUT2D eigenvalue weighted by atomic mass is 10.1. The predicted octanol–water partition coefficient (Wildman–Crippen LogP) is 4.39. The van der Waals surface area contributed by atoms with Gasteiger partial charge in [-0.15, -0.1) is 0 Å². The van der Waals surface area contributed by atoms with Gasteiger partial charge in [-0.05, 0) is 49.7 Å². The maximum Gasteiger partial charge on any atom is 0.134 e. The first kappa shape index (κ1) is 16.0. The number of benzene rings is 1. The summed E-state index contributed by atoms with van der Waals surface area (Å²) in [4.78, 5) is 4.04. The first-order chi connectivity index (χ1) is 11.2. The Morgan fingerprint density at radius 3 is 2.96 bits per heavy atom. The Bertz CT molecular complexity index is 749. The molecular formula is C18H20BrN3O. The van der Waals surface area contributed by atoms with Gasteiger partial charge in [0.05, 0.1) is 12.9 Å². The third-order valence-electron chi connectivity index (χ3n) is 3.73. The van der Waals surface area contributed by atoms with Gasteiger partial charge in [-0.3, -0.25) is 0 Å². The van der Waals surface area contributed by atoms with Gasteiger partial charge in [0.15, 0.2) is 0 Å². The van der Waals surface area contributed by atoms with E-state index in [1.165, 1.54) is 5.56 Å². The van der Waals surface area contributed by atoms with Crippen LogP contribution in [0.25, 0.3) is 11.3 Å². The topological polar surface area (TPSA) is 43.0 Å². The Hall–Kier alpha value is -1.85. The molecule has 0 bridgehead atoms. The van der Waals surface area contributed by atoms with Crippen molar-refractivity contribution in [2.75, 3.05) is 6.54 Å². The fourth-order valence-corrected chi connectivity index (χ4v) is 2.69. The van der Waals surface area contributed by atoms with E-state index in [-0.39, 0.29) is 0 Å². The highest BCUT2D eigenvalue weighted by atomic mass is 79.9. The van der Waals surface area contributed by atoms with Crippen molar-refractivity contribution in [3.8, 4) is 11.3 Å². The molecule has 120 valence electrons. The van der Waals surface area contributed by atoms with Gasteiger partial charge in [0.25, 0.3) is 0 Å². The zero-order valence-electron chi connectivity index (χ0n) is 13.1. The van der Waals surface area contributed by atoms with E-state index in [4.69, 9.17) is 4.42 Å². The SMILES string of the molecule is Cc1cc(-c2ccc(CNCCCn3ccnc3)o2)ccc1Br. The normalized spacial score (nSPS) is 11.0. The van der Waals surface area contributed by atoms with Gasteiger partial charge in [0, 0.05) is 29.0 Å². The van der Waals surface area contributed by atoms with Gasteiger partial charge in [-0.25, -0.2) is 4.98 Å². The molecule has 23 heavy (non-hydrogen) atoms. The molecule has 0 amide bonds. The number of nitrogens with one attached hydrogen (secondary N) is 1. The van der Waals surface area contributed by atoms with Crippen molar-refractivity contribution in [1.82, 2.24) is 14.9 Å². The summed E-state index contributed by atoms with van der Waals surface area (Å²) in [6, 6.07) is 10.3. The van der Waals surface area contributed by atoms with Crippen molar-refractivity contribution in [2.45, 2.75) is 26.4 Å². The van der Waals surface area contributed by atoms with Crippen LogP contribution in [0.4, 0.5) is 0 Å². The van der Waals surface area contributed by atoms with Gasteiger partial charge in [0.1, 0.15) is 11.5 Å². The van der Waals surface area contributed by atoms with E-state index in [9.17, 15) is 0 Å². The summed E-state index contributed by atoms with van der Waals surface area (Å²) in [5, 5.41) is 3.41. The number of aryl methyl sites for hydroxylation is 2. The second kappa shape index (κ2) is 7.62. The Kier molecular flexibility index (Phi) is 5.31. The zero-order chi connectivity index (χ0) is 16.1. The Morgan fingerprint density at radius 1 is 1.26 bits per heavy atom. The first-order valence-corrected chi connectivity index (χ1v) is 8.53. The lowest BCUT2D eigenvalue weighted by molar-refractivity contribution is 0.484. The van der Waals surface area contributed by atoms with Crippen molar-refractivity contribution in [1.29, 1.82) is 0 Å². The smallest absolute Gasteiger partial charge is 0.134 e. The monoisotopic (exact) mass is 373 g/mol. The summed E-state index contributed by atoms with van der Waals surface area (Å²) in [5.41, 5.74) is 2.31. The van der Waals surface area contributed by atoms with E-state index in [0.717, 1.165) is 47.6 Å². The lowest BCUT2D eigenvalue weighted by Gasteiger charge is -2.04. The van der Waals surface area contributed by atoms with Crippen LogP contribution in [0, 0.1) is 6.92 Å². The molecular weight excluding hydrogens is 354 g/mol. The fourth-order valence-electron chi connectivity index (χ4n) is 2.44. The van der Waals surface area contributed by atoms with E-state index < -0.39 is 0 Å². The number of aromatic nitrogens is 2. The van der Waals surface area contributed by atoms with Crippen LogP contribution in [-0.2, 0) is 13.1 Å². The highest BCUT2D eigenvalue weighted by molar-refractivity contribution is 9.10. The van der Waals surface area contributed by atoms with Crippen LogP contribution in [0.2, 0.25) is 0 Å². The minimum Gasteiger partial charge on any atom is -0.460 e. The molecule has 0 radical (unpaired) electrons. The van der Waals surface area contributed by atoms with E-state index >= 15 is 0 Å². The first-order valence-electron chi connectivity index (χ1n) is 7.74. The van der Waals surface area contributed by atoms with Crippen LogP contribution in [0.1, 0.15) is 17.7 Å². The number of imidazole rings is 1. The van der Waals surface area contributed by atoms with Gasteiger partial charge in [-0.1, -0.05) is 22.0 Å². The number of furan rings is 1. The molecule has 0 spiro atoms. The van der Waals surface area contributed by atoms with Crippen molar-refractivity contribution >= 4 is 15.9 Å². The quantitative estimate of drug-likeness (QED) is 0.624.